The summed E-state index contributed by atoms with van der Waals surface area (Å²) in [4.78, 5) is 21.3. The van der Waals surface area contributed by atoms with Crippen molar-refractivity contribution in [3.63, 3.8) is 0 Å². The largest absolute Gasteiger partial charge is 0.473 e. The van der Waals surface area contributed by atoms with Crippen LogP contribution in [0.5, 0.6) is 0 Å². The van der Waals surface area contributed by atoms with Gasteiger partial charge < -0.3 is 54.0 Å². The summed E-state index contributed by atoms with van der Waals surface area (Å²) in [5.74, 6) is -0.432. The molecule has 1 aliphatic rings. The number of nitrogens with one attached hydrogen (secondary N) is 1. The highest BCUT2D eigenvalue weighted by Crippen LogP contribution is 2.48. The molecular formula is C24H48NO14P. The molecule has 15 nitrogen and oxygen atoms in total. The Morgan fingerprint density at radius 3 is 1.95 bits per heavy atom. The molecule has 238 valence electrons. The maximum absolute atomic E-state index is 12.0. The molecule has 1 unspecified atom stereocenters. The molecule has 0 aromatic rings. The fourth-order valence-electron chi connectivity index (χ4n) is 3.49. The summed E-state index contributed by atoms with van der Waals surface area (Å²) in [5, 5.41) is 32.0. The van der Waals surface area contributed by atoms with E-state index in [1.54, 1.807) is 20.8 Å². The van der Waals surface area contributed by atoms with Gasteiger partial charge in [-0.15, -0.1) is 0 Å². The van der Waals surface area contributed by atoms with Crippen LogP contribution in [0, 0.1) is 0 Å². The van der Waals surface area contributed by atoms with E-state index < -0.39 is 62.7 Å². The second-order valence-electron chi connectivity index (χ2n) is 10.0. The average Bonchev–Trinajstić information content (AvgIpc) is 2.85. The van der Waals surface area contributed by atoms with Gasteiger partial charge in [-0.05, 0) is 27.2 Å². The monoisotopic (exact) mass is 605 g/mol. The van der Waals surface area contributed by atoms with E-state index in [0.29, 0.717) is 39.5 Å². The van der Waals surface area contributed by atoms with E-state index in [-0.39, 0.29) is 26.4 Å². The molecule has 1 rings (SSSR count). The SMILES string of the molecule is CC[C@H](COCCOCCOCCOCCO[C@@H]1O[C@H](CO)[C@H](O)[C@H](O)[C@H]1NC(C)=O)OP(=O)(O)OC(C)(C)C. The summed E-state index contributed by atoms with van der Waals surface area (Å²) >= 11 is 0. The van der Waals surface area contributed by atoms with Crippen LogP contribution in [0.3, 0.4) is 0 Å². The number of amides is 1. The maximum Gasteiger partial charge on any atom is 0.473 e. The summed E-state index contributed by atoms with van der Waals surface area (Å²) in [7, 11) is -4.19. The van der Waals surface area contributed by atoms with Gasteiger partial charge in [0.15, 0.2) is 6.29 Å². The van der Waals surface area contributed by atoms with Gasteiger partial charge in [-0.25, -0.2) is 4.57 Å². The standard InChI is InChI=1S/C24H48NO14P/c1-6-18(38-40(30,31)39-24(3,4)5)16-35-12-11-33-8-7-32-9-10-34-13-14-36-23-20(25-17(2)27)22(29)21(28)19(15-26)37-23/h18-23,26,28-29H,6-16H2,1-5H3,(H,25,27)(H,30,31)/t18-,19-,20-,21+,22-,23-/m1/s1. The molecule has 1 heterocycles. The number of aliphatic hydroxyl groups is 3. The molecule has 0 radical (unpaired) electrons. The molecule has 16 heteroatoms. The second-order valence-corrected chi connectivity index (χ2v) is 11.4. The first-order chi connectivity index (χ1) is 18.8. The summed E-state index contributed by atoms with van der Waals surface area (Å²) in [5.41, 5.74) is -0.813. The number of phosphoric ester groups is 1. The van der Waals surface area contributed by atoms with E-state index >= 15 is 0 Å². The molecule has 0 saturated carbocycles. The highest BCUT2D eigenvalue weighted by Gasteiger charge is 2.45. The number of rotatable bonds is 21. The zero-order valence-electron chi connectivity index (χ0n) is 24.1. The number of carbonyl (C=O) groups excluding carboxylic acids is 1. The van der Waals surface area contributed by atoms with Gasteiger partial charge in [-0.3, -0.25) is 13.8 Å². The number of hydrogen-bond donors (Lipinski definition) is 5. The van der Waals surface area contributed by atoms with Gasteiger partial charge in [0.05, 0.1) is 77.8 Å². The van der Waals surface area contributed by atoms with Gasteiger partial charge in [0.2, 0.25) is 5.91 Å². The van der Waals surface area contributed by atoms with Crippen molar-refractivity contribution in [3.8, 4) is 0 Å². The van der Waals surface area contributed by atoms with Crippen molar-refractivity contribution in [2.24, 2.45) is 0 Å². The summed E-state index contributed by atoms with van der Waals surface area (Å²) in [6.45, 7) is 9.82. The van der Waals surface area contributed by atoms with Crippen LogP contribution < -0.4 is 5.32 Å². The van der Waals surface area contributed by atoms with Gasteiger partial charge in [-0.1, -0.05) is 6.92 Å². The number of ether oxygens (including phenoxy) is 6. The zero-order chi connectivity index (χ0) is 30.2. The van der Waals surface area contributed by atoms with Crippen LogP contribution in [0.15, 0.2) is 0 Å². The Balaban J connectivity index is 2.07. The first-order valence-corrected chi connectivity index (χ1v) is 14.8. The number of carbonyl (C=O) groups is 1. The minimum Gasteiger partial charge on any atom is -0.394 e. The molecule has 0 aromatic heterocycles. The lowest BCUT2D eigenvalue weighted by Gasteiger charge is -2.42. The third kappa shape index (κ3) is 16.0. The first-order valence-electron chi connectivity index (χ1n) is 13.3. The Labute approximate surface area is 235 Å². The fourth-order valence-corrected chi connectivity index (χ4v) is 4.81. The van der Waals surface area contributed by atoms with E-state index in [0.717, 1.165) is 0 Å². The molecule has 40 heavy (non-hydrogen) atoms. The van der Waals surface area contributed by atoms with E-state index in [9.17, 15) is 29.6 Å². The first kappa shape index (κ1) is 37.2. The van der Waals surface area contributed by atoms with Crippen molar-refractivity contribution in [1.82, 2.24) is 5.32 Å². The highest BCUT2D eigenvalue weighted by atomic mass is 31.2. The molecule has 5 N–H and O–H groups in total. The maximum atomic E-state index is 12.0. The zero-order valence-corrected chi connectivity index (χ0v) is 25.0. The summed E-state index contributed by atoms with van der Waals surface area (Å²) in [6, 6.07) is -1.00. The summed E-state index contributed by atoms with van der Waals surface area (Å²) < 4.78 is 55.0. The van der Waals surface area contributed by atoms with Crippen LogP contribution in [-0.2, 0) is 46.8 Å². The van der Waals surface area contributed by atoms with Gasteiger partial charge >= 0.3 is 7.82 Å². The van der Waals surface area contributed by atoms with Gasteiger partial charge in [0.25, 0.3) is 0 Å². The minimum atomic E-state index is -4.19. The van der Waals surface area contributed by atoms with Crippen molar-refractivity contribution in [1.29, 1.82) is 0 Å². The van der Waals surface area contributed by atoms with E-state index in [1.807, 2.05) is 6.92 Å². The van der Waals surface area contributed by atoms with Crippen LogP contribution in [-0.4, -0.2) is 135 Å². The number of aliphatic hydroxyl groups excluding tert-OH is 3. The van der Waals surface area contributed by atoms with Crippen molar-refractivity contribution >= 4 is 13.7 Å². The molecule has 0 spiro atoms. The third-order valence-corrected chi connectivity index (χ3v) is 6.65. The lowest BCUT2D eigenvalue weighted by atomic mass is 9.97. The van der Waals surface area contributed by atoms with E-state index in [2.05, 4.69) is 5.32 Å². The van der Waals surface area contributed by atoms with Crippen molar-refractivity contribution in [3.05, 3.63) is 0 Å². The fraction of sp³-hybridized carbons (Fsp3) is 0.958. The van der Waals surface area contributed by atoms with Crippen LogP contribution >= 0.6 is 7.82 Å². The Morgan fingerprint density at radius 2 is 1.48 bits per heavy atom. The van der Waals surface area contributed by atoms with Gasteiger partial charge in [0, 0.05) is 6.92 Å². The van der Waals surface area contributed by atoms with Crippen LogP contribution in [0.1, 0.15) is 41.0 Å². The average molecular weight is 606 g/mol. The van der Waals surface area contributed by atoms with E-state index in [1.165, 1.54) is 6.92 Å². The van der Waals surface area contributed by atoms with Crippen molar-refractivity contribution < 1.29 is 67.0 Å². The smallest absolute Gasteiger partial charge is 0.394 e. The molecular weight excluding hydrogens is 557 g/mol. The Morgan fingerprint density at radius 1 is 0.950 bits per heavy atom. The van der Waals surface area contributed by atoms with Crippen LogP contribution in [0.25, 0.3) is 0 Å². The van der Waals surface area contributed by atoms with Crippen molar-refractivity contribution in [2.45, 2.75) is 83.4 Å². The Bertz CT molecular complexity index is 739. The van der Waals surface area contributed by atoms with Crippen LogP contribution in [0.4, 0.5) is 0 Å². The third-order valence-electron chi connectivity index (χ3n) is 5.31. The topological polar surface area (TPSA) is 201 Å². The predicted molar refractivity (Wildman–Crippen MR) is 140 cm³/mol. The molecule has 1 saturated heterocycles. The molecule has 1 aliphatic heterocycles. The summed E-state index contributed by atoms with van der Waals surface area (Å²) in [6.07, 6.45) is -4.97. The minimum absolute atomic E-state index is 0.0776. The van der Waals surface area contributed by atoms with Crippen molar-refractivity contribution in [2.75, 3.05) is 66.1 Å². The lowest BCUT2D eigenvalue weighted by Crippen LogP contribution is -2.64. The molecule has 0 aliphatic carbocycles. The molecule has 1 amide bonds. The lowest BCUT2D eigenvalue weighted by molar-refractivity contribution is -0.272. The molecule has 0 bridgehead atoms. The predicted octanol–water partition coefficient (Wildman–Crippen LogP) is -0.276. The van der Waals surface area contributed by atoms with E-state index in [4.69, 9.17) is 37.5 Å². The quantitative estimate of drug-likeness (QED) is 0.0845. The highest BCUT2D eigenvalue weighted by molar-refractivity contribution is 7.47. The Hall–Kier alpha value is -0.780. The number of phosphoric acid groups is 1. The second kappa shape index (κ2) is 19.4. The normalized spacial score (nSPS) is 25.9. The molecule has 1 fully saturated rings. The number of hydrogen-bond acceptors (Lipinski definition) is 13. The van der Waals surface area contributed by atoms with Gasteiger partial charge in [-0.2, -0.15) is 0 Å². The Kier molecular flexibility index (Phi) is 18.1. The van der Waals surface area contributed by atoms with Gasteiger partial charge in [0.1, 0.15) is 24.4 Å². The molecule has 7 atom stereocenters. The molecule has 0 aromatic carbocycles. The van der Waals surface area contributed by atoms with Crippen LogP contribution in [0.2, 0.25) is 0 Å².